The van der Waals surface area contributed by atoms with Gasteiger partial charge in [-0.05, 0) is 46.9 Å². The van der Waals surface area contributed by atoms with Crippen LogP contribution >= 0.6 is 0 Å². The molecule has 12 heteroatoms. The summed E-state index contributed by atoms with van der Waals surface area (Å²) in [4.78, 5) is 28.5. The van der Waals surface area contributed by atoms with Gasteiger partial charge in [-0.15, -0.1) is 10.2 Å². The van der Waals surface area contributed by atoms with Crippen LogP contribution in [0.2, 0.25) is 0 Å². The van der Waals surface area contributed by atoms with E-state index in [9.17, 15) is 27.9 Å². The number of carbonyl (C=O) groups excluding carboxylic acids is 1. The van der Waals surface area contributed by atoms with Gasteiger partial charge in [0, 0.05) is 25.7 Å². The van der Waals surface area contributed by atoms with Gasteiger partial charge in [-0.2, -0.15) is 18.0 Å². The van der Waals surface area contributed by atoms with Crippen molar-refractivity contribution in [3.8, 4) is 0 Å². The molecule has 2 amide bonds. The Kier molecular flexibility index (Phi) is 6.99. The van der Waals surface area contributed by atoms with Crippen LogP contribution in [0.5, 0.6) is 0 Å². The molecule has 2 heterocycles. The molecular weight excluding hydrogens is 453 g/mol. The Balaban J connectivity index is 1.83. The van der Waals surface area contributed by atoms with Crippen LogP contribution in [0, 0.1) is 12.3 Å². The Hall–Kier alpha value is -3.44. The molecule has 1 aromatic carbocycles. The number of aromatic nitrogens is 4. The molecule has 1 fully saturated rings. The predicted molar refractivity (Wildman–Crippen MR) is 117 cm³/mol. The molecule has 184 valence electrons. The number of hydrogen-bond acceptors (Lipinski definition) is 5. The van der Waals surface area contributed by atoms with E-state index in [1.54, 1.807) is 11.8 Å². The van der Waals surface area contributed by atoms with Crippen LogP contribution < -0.4 is 0 Å². The average Bonchev–Trinajstić information content (AvgIpc) is 3.15. The lowest BCUT2D eigenvalue weighted by Gasteiger charge is -2.45. The molecule has 0 bridgehead atoms. The molecule has 1 N–H and O–H groups in total. The Morgan fingerprint density at radius 3 is 2.47 bits per heavy atom. The zero-order chi connectivity index (χ0) is 25.3. The van der Waals surface area contributed by atoms with Gasteiger partial charge in [-0.1, -0.05) is 26.8 Å². The van der Waals surface area contributed by atoms with Gasteiger partial charge in [-0.25, -0.2) is 4.79 Å². The number of nitrogens with zero attached hydrogens (tertiary/aromatic N) is 6. The monoisotopic (exact) mass is 480 g/mol. The number of halogens is 3. The smallest absolute Gasteiger partial charge is 0.416 e. The molecule has 9 nitrogen and oxygen atoms in total. The number of tetrazole rings is 1. The van der Waals surface area contributed by atoms with Crippen molar-refractivity contribution >= 4 is 18.1 Å². The molecule has 0 aliphatic carbocycles. The second-order valence-corrected chi connectivity index (χ2v) is 9.25. The first kappa shape index (κ1) is 25.2. The number of hydrogen-bond donors (Lipinski definition) is 1. The van der Waals surface area contributed by atoms with Crippen molar-refractivity contribution in [1.82, 2.24) is 30.0 Å². The Morgan fingerprint density at radius 1 is 1.21 bits per heavy atom. The summed E-state index contributed by atoms with van der Waals surface area (Å²) in [6, 6.07) is 2.87. The third-order valence-electron chi connectivity index (χ3n) is 5.68. The molecular formula is C22H27F3N6O3. The fourth-order valence-corrected chi connectivity index (χ4v) is 3.84. The predicted octanol–water partition coefficient (Wildman–Crippen LogP) is 3.30. The van der Waals surface area contributed by atoms with E-state index >= 15 is 0 Å². The minimum atomic E-state index is -4.52. The Labute approximate surface area is 194 Å². The summed E-state index contributed by atoms with van der Waals surface area (Å²) in [7, 11) is 0. The highest BCUT2D eigenvalue weighted by atomic mass is 19.4. The van der Waals surface area contributed by atoms with Gasteiger partial charge >= 0.3 is 12.3 Å². The highest BCUT2D eigenvalue weighted by Gasteiger charge is 2.39. The van der Waals surface area contributed by atoms with Gasteiger partial charge in [0.15, 0.2) is 5.82 Å². The zero-order valence-electron chi connectivity index (χ0n) is 19.4. The van der Waals surface area contributed by atoms with E-state index in [1.807, 2.05) is 20.8 Å². The average molecular weight is 480 g/mol. The normalized spacial score (nSPS) is 17.4. The van der Waals surface area contributed by atoms with Crippen LogP contribution in [0.1, 0.15) is 43.3 Å². The van der Waals surface area contributed by atoms with Crippen LogP contribution in [0.25, 0.3) is 6.08 Å². The van der Waals surface area contributed by atoms with Crippen molar-refractivity contribution < 1.29 is 27.9 Å². The second-order valence-electron chi connectivity index (χ2n) is 9.25. The summed E-state index contributed by atoms with van der Waals surface area (Å²) in [6.45, 7) is 7.92. The first-order valence-corrected chi connectivity index (χ1v) is 10.7. The van der Waals surface area contributed by atoms with E-state index in [2.05, 4.69) is 15.4 Å². The molecule has 0 spiro atoms. The van der Waals surface area contributed by atoms with E-state index in [1.165, 1.54) is 27.9 Å². The number of amides is 2. The van der Waals surface area contributed by atoms with E-state index < -0.39 is 17.8 Å². The lowest BCUT2D eigenvalue weighted by Crippen LogP contribution is -2.60. The van der Waals surface area contributed by atoms with Gasteiger partial charge < -0.3 is 14.9 Å². The lowest BCUT2D eigenvalue weighted by atomic mass is 9.84. The summed E-state index contributed by atoms with van der Waals surface area (Å²) in [5, 5.41) is 21.1. The van der Waals surface area contributed by atoms with E-state index in [4.69, 9.17) is 0 Å². The maximum Gasteiger partial charge on any atom is 0.416 e. The number of carboxylic acid groups (broad SMARTS) is 1. The maximum atomic E-state index is 13.2. The minimum Gasteiger partial charge on any atom is -0.465 e. The molecule has 1 aliphatic rings. The third-order valence-corrected chi connectivity index (χ3v) is 5.68. The van der Waals surface area contributed by atoms with E-state index in [0.29, 0.717) is 11.4 Å². The summed E-state index contributed by atoms with van der Waals surface area (Å²) >= 11 is 0. The van der Waals surface area contributed by atoms with Crippen LogP contribution in [0.15, 0.2) is 24.3 Å². The molecule has 34 heavy (non-hydrogen) atoms. The molecule has 1 atom stereocenters. The molecule has 0 saturated carbocycles. The lowest BCUT2D eigenvalue weighted by molar-refractivity contribution is -0.137. The van der Waals surface area contributed by atoms with Gasteiger partial charge in [0.25, 0.3) is 0 Å². The first-order chi connectivity index (χ1) is 15.8. The highest BCUT2D eigenvalue weighted by Crippen LogP contribution is 2.31. The summed E-state index contributed by atoms with van der Waals surface area (Å²) in [5.41, 5.74) is -0.516. The van der Waals surface area contributed by atoms with Crippen molar-refractivity contribution in [2.24, 2.45) is 5.41 Å². The minimum absolute atomic E-state index is 0.0536. The number of benzene rings is 1. The quantitative estimate of drug-likeness (QED) is 0.674. The number of carbonyl (C=O) groups is 2. The Morgan fingerprint density at radius 2 is 1.91 bits per heavy atom. The topological polar surface area (TPSA) is 104 Å². The molecule has 1 unspecified atom stereocenters. The number of aryl methyl sites for hydroxylation is 1. The van der Waals surface area contributed by atoms with Crippen LogP contribution in [0.3, 0.4) is 0 Å². The zero-order valence-corrected chi connectivity index (χ0v) is 19.4. The molecule has 2 aromatic rings. The van der Waals surface area contributed by atoms with Gasteiger partial charge in [0.05, 0.1) is 18.2 Å². The van der Waals surface area contributed by atoms with Crippen molar-refractivity contribution in [2.45, 2.75) is 46.5 Å². The third kappa shape index (κ3) is 5.91. The van der Waals surface area contributed by atoms with E-state index in [-0.39, 0.29) is 49.1 Å². The number of alkyl halides is 3. The standard InChI is InChI=1S/C22H27F3N6O3/c1-14-26-28-31(27-14)12-16-11-17(22(23,24)25)7-5-15(16)6-8-19(32)29-9-10-30(20(33)34)18(13-29)21(2,3)4/h5-8,11,18H,9-10,12-13H2,1-4H3,(H,33,34)/b8-6+. The van der Waals surface area contributed by atoms with Gasteiger partial charge in [0.1, 0.15) is 0 Å². The van der Waals surface area contributed by atoms with Crippen molar-refractivity contribution in [3.05, 3.63) is 46.8 Å². The SMILES string of the molecule is Cc1nnn(Cc2cc(C(F)(F)F)ccc2/C=C/C(=O)N2CCN(C(=O)O)C(C(C)(C)C)C2)n1. The second kappa shape index (κ2) is 9.43. The van der Waals surface area contributed by atoms with Gasteiger partial charge in [-0.3, -0.25) is 4.79 Å². The fraction of sp³-hybridized carbons (Fsp3) is 0.500. The van der Waals surface area contributed by atoms with Gasteiger partial charge in [0.2, 0.25) is 5.91 Å². The largest absolute Gasteiger partial charge is 0.465 e. The fourth-order valence-electron chi connectivity index (χ4n) is 3.84. The van der Waals surface area contributed by atoms with Crippen LogP contribution in [-0.4, -0.2) is 72.8 Å². The summed E-state index contributed by atoms with van der Waals surface area (Å²) < 4.78 is 39.7. The molecule has 3 rings (SSSR count). The number of rotatable bonds is 4. The van der Waals surface area contributed by atoms with Crippen molar-refractivity contribution in [1.29, 1.82) is 0 Å². The van der Waals surface area contributed by atoms with Crippen molar-refractivity contribution in [3.63, 3.8) is 0 Å². The molecule has 1 saturated heterocycles. The maximum absolute atomic E-state index is 13.2. The summed E-state index contributed by atoms with van der Waals surface area (Å²) in [5.74, 6) is 0.0352. The van der Waals surface area contributed by atoms with E-state index in [0.717, 1.165) is 12.1 Å². The first-order valence-electron chi connectivity index (χ1n) is 10.7. The van der Waals surface area contributed by atoms with Crippen LogP contribution in [0.4, 0.5) is 18.0 Å². The highest BCUT2D eigenvalue weighted by molar-refractivity contribution is 5.92. The number of piperazine rings is 1. The molecule has 1 aliphatic heterocycles. The molecule has 1 aromatic heterocycles. The molecule has 0 radical (unpaired) electrons. The Bertz CT molecular complexity index is 1090. The summed E-state index contributed by atoms with van der Waals surface area (Å²) in [6.07, 6.45) is -2.81. The van der Waals surface area contributed by atoms with Crippen molar-refractivity contribution in [2.75, 3.05) is 19.6 Å². The van der Waals surface area contributed by atoms with Crippen LogP contribution in [-0.2, 0) is 17.5 Å².